The molecule has 0 bridgehead atoms. The minimum atomic E-state index is -0.278. The van der Waals surface area contributed by atoms with E-state index in [1.165, 1.54) is 6.07 Å². The Bertz CT molecular complexity index is 436. The van der Waals surface area contributed by atoms with Gasteiger partial charge in [0.1, 0.15) is 5.82 Å². The van der Waals surface area contributed by atoms with Crippen molar-refractivity contribution in [2.24, 2.45) is 0 Å². The number of benzene rings is 1. The Morgan fingerprint density at radius 3 is 2.32 bits per heavy atom. The van der Waals surface area contributed by atoms with Crippen LogP contribution >= 0.6 is 0 Å². The van der Waals surface area contributed by atoms with Gasteiger partial charge >= 0.3 is 0 Å². The van der Waals surface area contributed by atoms with Gasteiger partial charge in [-0.2, -0.15) is 0 Å². The zero-order valence-electron chi connectivity index (χ0n) is 11.5. The van der Waals surface area contributed by atoms with Gasteiger partial charge in [-0.1, -0.05) is 0 Å². The van der Waals surface area contributed by atoms with E-state index in [0.717, 1.165) is 45.4 Å². The Balaban J connectivity index is 2.17. The number of nitrogens with zero attached hydrogens (tertiary/aromatic N) is 2. The highest BCUT2D eigenvalue weighted by molar-refractivity contribution is 5.70. The third kappa shape index (κ3) is 3.50. The van der Waals surface area contributed by atoms with E-state index in [-0.39, 0.29) is 5.82 Å². The number of halogens is 1. The van der Waals surface area contributed by atoms with Gasteiger partial charge in [-0.15, -0.1) is 0 Å². The van der Waals surface area contributed by atoms with Gasteiger partial charge in [0, 0.05) is 19.2 Å². The SMILES string of the molecule is CN1CCCCN(c2cc(N)c(N)cc2F)CCC1. The normalized spacial score (nSPS) is 18.7. The molecular formula is C14H23FN4. The van der Waals surface area contributed by atoms with Crippen molar-refractivity contribution in [2.45, 2.75) is 19.3 Å². The van der Waals surface area contributed by atoms with Crippen LogP contribution in [0.25, 0.3) is 0 Å². The van der Waals surface area contributed by atoms with Crippen LogP contribution in [0.5, 0.6) is 0 Å². The minimum Gasteiger partial charge on any atom is -0.397 e. The molecule has 1 aromatic carbocycles. The van der Waals surface area contributed by atoms with Crippen molar-refractivity contribution in [3.63, 3.8) is 0 Å². The van der Waals surface area contributed by atoms with Crippen LogP contribution in [-0.2, 0) is 0 Å². The van der Waals surface area contributed by atoms with Crippen LogP contribution in [0.1, 0.15) is 19.3 Å². The predicted octanol–water partition coefficient (Wildman–Crippen LogP) is 1.91. The highest BCUT2D eigenvalue weighted by Crippen LogP contribution is 2.27. The van der Waals surface area contributed by atoms with E-state index in [2.05, 4.69) is 16.8 Å². The van der Waals surface area contributed by atoms with Gasteiger partial charge in [-0.3, -0.25) is 0 Å². The molecule has 0 unspecified atom stereocenters. The smallest absolute Gasteiger partial charge is 0.148 e. The number of anilines is 3. The minimum absolute atomic E-state index is 0.278. The highest BCUT2D eigenvalue weighted by atomic mass is 19.1. The van der Waals surface area contributed by atoms with Gasteiger partial charge in [-0.25, -0.2) is 4.39 Å². The molecule has 106 valence electrons. The van der Waals surface area contributed by atoms with E-state index in [1.54, 1.807) is 6.07 Å². The summed E-state index contributed by atoms with van der Waals surface area (Å²) in [6.07, 6.45) is 3.23. The van der Waals surface area contributed by atoms with Crippen molar-refractivity contribution in [3.05, 3.63) is 17.9 Å². The van der Waals surface area contributed by atoms with Crippen molar-refractivity contribution in [3.8, 4) is 0 Å². The quantitative estimate of drug-likeness (QED) is 0.762. The zero-order chi connectivity index (χ0) is 13.8. The molecule has 0 aromatic heterocycles. The van der Waals surface area contributed by atoms with Gasteiger partial charge in [0.15, 0.2) is 0 Å². The van der Waals surface area contributed by atoms with Crippen LogP contribution in [0.4, 0.5) is 21.5 Å². The Kier molecular flexibility index (Phi) is 4.47. The molecule has 4 N–H and O–H groups in total. The molecule has 1 aliphatic rings. The molecular weight excluding hydrogens is 243 g/mol. The molecule has 0 atom stereocenters. The summed E-state index contributed by atoms with van der Waals surface area (Å²) in [5.41, 5.74) is 12.8. The van der Waals surface area contributed by atoms with Crippen molar-refractivity contribution in [2.75, 3.05) is 49.6 Å². The molecule has 0 spiro atoms. The first-order valence-electron chi connectivity index (χ1n) is 6.86. The maximum Gasteiger partial charge on any atom is 0.148 e. The fraction of sp³-hybridized carbons (Fsp3) is 0.571. The first-order valence-corrected chi connectivity index (χ1v) is 6.86. The van der Waals surface area contributed by atoms with Crippen LogP contribution < -0.4 is 16.4 Å². The summed E-state index contributed by atoms with van der Waals surface area (Å²) in [5.74, 6) is -0.278. The summed E-state index contributed by atoms with van der Waals surface area (Å²) in [6.45, 7) is 3.88. The van der Waals surface area contributed by atoms with E-state index in [9.17, 15) is 4.39 Å². The molecule has 19 heavy (non-hydrogen) atoms. The van der Waals surface area contributed by atoms with Crippen molar-refractivity contribution in [1.82, 2.24) is 4.90 Å². The molecule has 0 aliphatic carbocycles. The molecule has 0 radical (unpaired) electrons. The summed E-state index contributed by atoms with van der Waals surface area (Å²) in [6, 6.07) is 2.98. The van der Waals surface area contributed by atoms with E-state index in [0.29, 0.717) is 17.1 Å². The van der Waals surface area contributed by atoms with Crippen molar-refractivity contribution in [1.29, 1.82) is 0 Å². The summed E-state index contributed by atoms with van der Waals surface area (Å²) in [5, 5.41) is 0. The number of hydrogen-bond donors (Lipinski definition) is 2. The van der Waals surface area contributed by atoms with Crippen LogP contribution in [0, 0.1) is 5.82 Å². The molecule has 1 aromatic rings. The second kappa shape index (κ2) is 6.10. The summed E-state index contributed by atoms with van der Waals surface area (Å²) in [7, 11) is 2.14. The standard InChI is InChI=1S/C14H23FN4/c1-18-5-2-3-7-19(8-4-6-18)14-10-13(17)12(16)9-11(14)15/h9-10H,2-8,16-17H2,1H3. The first-order chi connectivity index (χ1) is 9.08. The zero-order valence-corrected chi connectivity index (χ0v) is 11.5. The maximum absolute atomic E-state index is 14.0. The van der Waals surface area contributed by atoms with E-state index < -0.39 is 0 Å². The largest absolute Gasteiger partial charge is 0.397 e. The monoisotopic (exact) mass is 266 g/mol. The number of rotatable bonds is 1. The summed E-state index contributed by atoms with van der Waals surface area (Å²) >= 11 is 0. The van der Waals surface area contributed by atoms with Gasteiger partial charge in [-0.05, 0) is 45.5 Å². The number of nitrogens with two attached hydrogens (primary N) is 2. The highest BCUT2D eigenvalue weighted by Gasteiger charge is 2.15. The molecule has 0 amide bonds. The fourth-order valence-corrected chi connectivity index (χ4v) is 2.52. The summed E-state index contributed by atoms with van der Waals surface area (Å²) in [4.78, 5) is 4.42. The first kappa shape index (κ1) is 13.9. The molecule has 1 fully saturated rings. The van der Waals surface area contributed by atoms with Crippen LogP contribution in [0.15, 0.2) is 12.1 Å². The van der Waals surface area contributed by atoms with E-state index in [1.807, 2.05) is 0 Å². The van der Waals surface area contributed by atoms with E-state index >= 15 is 0 Å². The number of nitrogen functional groups attached to an aromatic ring is 2. The van der Waals surface area contributed by atoms with E-state index in [4.69, 9.17) is 11.5 Å². The van der Waals surface area contributed by atoms with Crippen LogP contribution in [0.3, 0.4) is 0 Å². The molecule has 0 saturated carbocycles. The topological polar surface area (TPSA) is 58.5 Å². The van der Waals surface area contributed by atoms with Crippen LogP contribution in [0.2, 0.25) is 0 Å². The lowest BCUT2D eigenvalue weighted by atomic mass is 10.2. The van der Waals surface area contributed by atoms with Gasteiger partial charge in [0.05, 0.1) is 17.1 Å². The maximum atomic E-state index is 14.0. The molecule has 5 heteroatoms. The Labute approximate surface area is 114 Å². The average Bonchev–Trinajstić information content (AvgIpc) is 2.46. The predicted molar refractivity (Wildman–Crippen MR) is 78.8 cm³/mol. The summed E-state index contributed by atoms with van der Waals surface area (Å²) < 4.78 is 14.0. The Morgan fingerprint density at radius 2 is 1.53 bits per heavy atom. The molecule has 4 nitrogen and oxygen atoms in total. The molecule has 2 rings (SSSR count). The molecule has 1 saturated heterocycles. The second-order valence-electron chi connectivity index (χ2n) is 5.28. The lowest BCUT2D eigenvalue weighted by Gasteiger charge is -2.25. The third-order valence-electron chi connectivity index (χ3n) is 3.68. The molecule has 1 aliphatic heterocycles. The fourth-order valence-electron chi connectivity index (χ4n) is 2.52. The van der Waals surface area contributed by atoms with Gasteiger partial charge in [0.25, 0.3) is 0 Å². The van der Waals surface area contributed by atoms with Crippen molar-refractivity contribution < 1.29 is 4.39 Å². The van der Waals surface area contributed by atoms with Gasteiger partial charge in [0.2, 0.25) is 0 Å². The Morgan fingerprint density at radius 1 is 0.947 bits per heavy atom. The second-order valence-corrected chi connectivity index (χ2v) is 5.28. The molecule has 1 heterocycles. The average molecular weight is 266 g/mol. The Hall–Kier alpha value is -1.49. The van der Waals surface area contributed by atoms with Crippen molar-refractivity contribution >= 4 is 17.1 Å². The third-order valence-corrected chi connectivity index (χ3v) is 3.68. The lowest BCUT2D eigenvalue weighted by molar-refractivity contribution is 0.331. The van der Waals surface area contributed by atoms with Gasteiger partial charge < -0.3 is 21.3 Å². The van der Waals surface area contributed by atoms with Crippen LogP contribution in [-0.4, -0.2) is 38.1 Å². The lowest BCUT2D eigenvalue weighted by Crippen LogP contribution is -2.28. The number of hydrogen-bond acceptors (Lipinski definition) is 4.